The second-order valence-electron chi connectivity index (χ2n) is 8.08. The lowest BCUT2D eigenvalue weighted by atomic mass is 10.1. The van der Waals surface area contributed by atoms with Crippen molar-refractivity contribution in [1.29, 1.82) is 0 Å². The Kier molecular flexibility index (Phi) is 5.26. The average Bonchev–Trinajstić information content (AvgIpc) is 3.56. The Morgan fingerprint density at radius 1 is 1.21 bits per heavy atom. The number of aromatic nitrogens is 4. The molecule has 1 fully saturated rings. The zero-order valence-corrected chi connectivity index (χ0v) is 18.3. The van der Waals surface area contributed by atoms with Crippen molar-refractivity contribution < 1.29 is 27.2 Å². The maximum absolute atomic E-state index is 13.9. The monoisotopic (exact) mass is 471 g/mol. The van der Waals surface area contributed by atoms with Crippen LogP contribution in [-0.4, -0.2) is 44.2 Å². The van der Waals surface area contributed by atoms with Crippen molar-refractivity contribution >= 4 is 11.6 Å². The van der Waals surface area contributed by atoms with Gasteiger partial charge in [-0.3, -0.25) is 4.79 Å². The third-order valence-corrected chi connectivity index (χ3v) is 5.79. The van der Waals surface area contributed by atoms with Gasteiger partial charge in [-0.05, 0) is 38.0 Å². The van der Waals surface area contributed by atoms with E-state index in [9.17, 15) is 18.0 Å². The SMILES string of the molecule is COc1cccc(-c2cc(C(F)(F)F)n3nc(C(=O)N4CCC[C@@H]4c4cc(C)no4)cc3n2)c1. The molecule has 8 nitrogen and oxygen atoms in total. The predicted octanol–water partition coefficient (Wildman–Crippen LogP) is 4.70. The van der Waals surface area contributed by atoms with Gasteiger partial charge in [-0.25, -0.2) is 9.50 Å². The van der Waals surface area contributed by atoms with Crippen molar-refractivity contribution in [3.63, 3.8) is 0 Å². The lowest BCUT2D eigenvalue weighted by Crippen LogP contribution is -2.30. The third kappa shape index (κ3) is 3.87. The lowest BCUT2D eigenvalue weighted by molar-refractivity contribution is -0.142. The van der Waals surface area contributed by atoms with Gasteiger partial charge in [-0.15, -0.1) is 0 Å². The van der Waals surface area contributed by atoms with Crippen LogP contribution in [0.1, 0.15) is 46.5 Å². The van der Waals surface area contributed by atoms with Crippen molar-refractivity contribution in [2.75, 3.05) is 13.7 Å². The highest BCUT2D eigenvalue weighted by Gasteiger charge is 2.37. The first kappa shape index (κ1) is 21.9. The fourth-order valence-electron chi connectivity index (χ4n) is 4.20. The van der Waals surface area contributed by atoms with Crippen molar-refractivity contribution in [2.45, 2.75) is 32.0 Å². The minimum absolute atomic E-state index is 0.0812. The molecule has 0 unspecified atom stereocenters. The van der Waals surface area contributed by atoms with Gasteiger partial charge in [0.1, 0.15) is 5.75 Å². The quantitative estimate of drug-likeness (QED) is 0.429. The van der Waals surface area contributed by atoms with Crippen LogP contribution < -0.4 is 4.74 Å². The summed E-state index contributed by atoms with van der Waals surface area (Å²) in [7, 11) is 1.47. The largest absolute Gasteiger partial charge is 0.497 e. The highest BCUT2D eigenvalue weighted by atomic mass is 19.4. The number of fused-ring (bicyclic) bond motifs is 1. The summed E-state index contributed by atoms with van der Waals surface area (Å²) in [5.74, 6) is 0.541. The second-order valence-corrected chi connectivity index (χ2v) is 8.08. The number of hydrogen-bond acceptors (Lipinski definition) is 6. The number of carbonyl (C=O) groups is 1. The summed E-state index contributed by atoms with van der Waals surface area (Å²) in [6.07, 6.45) is -3.32. The van der Waals surface area contributed by atoms with Crippen molar-refractivity contribution in [1.82, 2.24) is 24.7 Å². The molecule has 176 valence electrons. The number of ether oxygens (including phenoxy) is 1. The number of methoxy groups -OCH3 is 1. The number of benzene rings is 1. The summed E-state index contributed by atoms with van der Waals surface area (Å²) in [5, 5.41) is 7.87. The van der Waals surface area contributed by atoms with Gasteiger partial charge in [0.2, 0.25) is 0 Å². The predicted molar refractivity (Wildman–Crippen MR) is 114 cm³/mol. The Labute approximate surface area is 191 Å². The number of carbonyl (C=O) groups excluding carboxylic acids is 1. The van der Waals surface area contributed by atoms with E-state index in [0.717, 1.165) is 12.5 Å². The number of aryl methyl sites for hydroxylation is 1. The number of nitrogens with zero attached hydrogens (tertiary/aromatic N) is 5. The molecule has 1 saturated heterocycles. The first-order valence-corrected chi connectivity index (χ1v) is 10.6. The molecule has 1 aromatic carbocycles. The molecule has 1 amide bonds. The molecule has 4 aromatic rings. The Balaban J connectivity index is 1.57. The van der Waals surface area contributed by atoms with Crippen LogP contribution in [0.15, 0.2) is 47.0 Å². The van der Waals surface area contributed by atoms with E-state index in [1.807, 2.05) is 0 Å². The van der Waals surface area contributed by atoms with Crippen LogP contribution in [0, 0.1) is 6.92 Å². The second kappa shape index (κ2) is 8.15. The topological polar surface area (TPSA) is 85.8 Å². The molecule has 0 aliphatic carbocycles. The van der Waals surface area contributed by atoms with Crippen LogP contribution in [0.2, 0.25) is 0 Å². The molecule has 0 radical (unpaired) electrons. The van der Waals surface area contributed by atoms with Crippen LogP contribution in [-0.2, 0) is 6.18 Å². The summed E-state index contributed by atoms with van der Waals surface area (Å²) in [6, 6.07) is 10.2. The van der Waals surface area contributed by atoms with E-state index < -0.39 is 17.8 Å². The average molecular weight is 471 g/mol. The zero-order valence-electron chi connectivity index (χ0n) is 18.3. The van der Waals surface area contributed by atoms with Gasteiger partial charge < -0.3 is 14.2 Å². The Morgan fingerprint density at radius 3 is 2.74 bits per heavy atom. The summed E-state index contributed by atoms with van der Waals surface area (Å²) >= 11 is 0. The molecule has 0 bridgehead atoms. The highest BCUT2D eigenvalue weighted by molar-refractivity contribution is 5.94. The van der Waals surface area contributed by atoms with Gasteiger partial charge >= 0.3 is 6.18 Å². The Morgan fingerprint density at radius 2 is 2.03 bits per heavy atom. The molecule has 0 saturated carbocycles. The van der Waals surface area contributed by atoms with E-state index in [0.29, 0.717) is 40.2 Å². The molecule has 1 aliphatic heterocycles. The van der Waals surface area contributed by atoms with E-state index >= 15 is 0 Å². The van der Waals surface area contributed by atoms with E-state index in [4.69, 9.17) is 9.26 Å². The smallest absolute Gasteiger partial charge is 0.433 e. The fraction of sp³-hybridized carbons (Fsp3) is 0.304. The van der Waals surface area contributed by atoms with Crippen molar-refractivity contribution in [2.24, 2.45) is 0 Å². The maximum Gasteiger partial charge on any atom is 0.433 e. The number of halogens is 3. The number of rotatable bonds is 4. The molecule has 11 heteroatoms. The molecule has 0 spiro atoms. The van der Waals surface area contributed by atoms with Gasteiger partial charge in [0, 0.05) is 24.2 Å². The maximum atomic E-state index is 13.9. The molecule has 34 heavy (non-hydrogen) atoms. The standard InChI is InChI=1S/C23H20F3N5O3/c1-13-9-19(34-29-13)18-7-4-8-30(18)22(32)17-12-21-27-16(14-5-3-6-15(10-14)33-2)11-20(23(24,25)26)31(21)28-17/h3,5-6,9-12,18H,4,7-8H2,1-2H3/t18-/m1/s1. The minimum Gasteiger partial charge on any atom is -0.497 e. The first-order valence-electron chi connectivity index (χ1n) is 10.6. The van der Waals surface area contributed by atoms with E-state index in [2.05, 4.69) is 15.2 Å². The Bertz CT molecular complexity index is 1380. The molecule has 1 aliphatic rings. The van der Waals surface area contributed by atoms with Crippen LogP contribution in [0.5, 0.6) is 5.75 Å². The van der Waals surface area contributed by atoms with E-state index in [-0.39, 0.29) is 23.1 Å². The lowest BCUT2D eigenvalue weighted by Gasteiger charge is -2.21. The van der Waals surface area contributed by atoms with Crippen LogP contribution in [0.4, 0.5) is 13.2 Å². The molecule has 4 heterocycles. The normalized spacial score (nSPS) is 16.4. The summed E-state index contributed by atoms with van der Waals surface area (Å²) in [6.45, 7) is 2.21. The first-order chi connectivity index (χ1) is 16.2. The van der Waals surface area contributed by atoms with Gasteiger partial charge in [0.15, 0.2) is 22.8 Å². The van der Waals surface area contributed by atoms with Crippen LogP contribution in [0.3, 0.4) is 0 Å². The van der Waals surface area contributed by atoms with E-state index in [1.165, 1.54) is 13.2 Å². The van der Waals surface area contributed by atoms with E-state index in [1.54, 1.807) is 42.2 Å². The molecule has 5 rings (SSSR count). The van der Waals surface area contributed by atoms with Gasteiger partial charge in [0.05, 0.1) is 24.5 Å². The number of hydrogen-bond donors (Lipinski definition) is 0. The summed E-state index contributed by atoms with van der Waals surface area (Å²) in [5.41, 5.74) is -0.00830. The van der Waals surface area contributed by atoms with Crippen LogP contribution >= 0.6 is 0 Å². The highest BCUT2D eigenvalue weighted by Crippen LogP contribution is 2.35. The molecular weight excluding hydrogens is 451 g/mol. The fourth-order valence-corrected chi connectivity index (χ4v) is 4.20. The summed E-state index contributed by atoms with van der Waals surface area (Å²) in [4.78, 5) is 19.2. The minimum atomic E-state index is -4.71. The third-order valence-electron chi connectivity index (χ3n) is 5.79. The number of alkyl halides is 3. The van der Waals surface area contributed by atoms with Crippen molar-refractivity contribution in [3.8, 4) is 17.0 Å². The number of amides is 1. The van der Waals surface area contributed by atoms with Gasteiger partial charge in [-0.2, -0.15) is 18.3 Å². The van der Waals surface area contributed by atoms with Gasteiger partial charge in [-0.1, -0.05) is 17.3 Å². The van der Waals surface area contributed by atoms with Crippen molar-refractivity contribution in [3.05, 3.63) is 65.3 Å². The molecule has 0 N–H and O–H groups in total. The number of likely N-dealkylation sites (tertiary alicyclic amines) is 1. The molecular formula is C23H20F3N5O3. The zero-order chi connectivity index (χ0) is 24.0. The summed E-state index contributed by atoms with van der Waals surface area (Å²) < 4.78 is 53.0. The molecule has 3 aromatic heterocycles. The van der Waals surface area contributed by atoms with Crippen LogP contribution in [0.25, 0.3) is 16.9 Å². The Hall–Kier alpha value is -3.89. The molecule has 1 atom stereocenters. The van der Waals surface area contributed by atoms with Gasteiger partial charge in [0.25, 0.3) is 5.91 Å².